The fourth-order valence-electron chi connectivity index (χ4n) is 1.49. The Kier molecular flexibility index (Phi) is 44.6. The first kappa shape index (κ1) is 37.3. The lowest BCUT2D eigenvalue weighted by atomic mass is 10.2. The molecular formula is C23H46N8O2. The van der Waals surface area contributed by atoms with Crippen molar-refractivity contribution < 1.29 is 9.59 Å². The minimum Gasteiger partial charge on any atom is -0.356 e. The number of hydrogen-bond acceptors (Lipinski definition) is 8. The van der Waals surface area contributed by atoms with Crippen LogP contribution in [0.2, 0.25) is 0 Å². The van der Waals surface area contributed by atoms with Crippen molar-refractivity contribution in [1.82, 2.24) is 41.0 Å². The average Bonchev–Trinajstić information content (AvgIpc) is 2.87. The molecule has 190 valence electrons. The van der Waals surface area contributed by atoms with Crippen LogP contribution in [0.1, 0.15) is 87.5 Å². The number of nitrogens with one attached hydrogen (secondary N) is 2. The Hall–Kier alpha value is -3.04. The minimum atomic E-state index is 0.0680. The first-order chi connectivity index (χ1) is 16.0. The van der Waals surface area contributed by atoms with Crippen LogP contribution >= 0.6 is 0 Å². The largest absolute Gasteiger partial charge is 0.356 e. The van der Waals surface area contributed by atoms with Gasteiger partial charge in [0.25, 0.3) is 0 Å². The van der Waals surface area contributed by atoms with Crippen LogP contribution in [0.3, 0.4) is 0 Å². The van der Waals surface area contributed by atoms with Crippen LogP contribution in [0.4, 0.5) is 0 Å². The summed E-state index contributed by atoms with van der Waals surface area (Å²) in [7, 11) is 0. The number of hydrogen-bond donors (Lipinski definition) is 2. The highest BCUT2D eigenvalue weighted by molar-refractivity contribution is 5.72. The number of carbonyl (C=O) groups excluding carboxylic acids is 2. The molecule has 2 rings (SSSR count). The van der Waals surface area contributed by atoms with Gasteiger partial charge in [-0.15, -0.1) is 10.2 Å². The summed E-state index contributed by atoms with van der Waals surface area (Å²) in [4.78, 5) is 27.7. The molecule has 2 amide bonds. The fraction of sp³-hybridized carbons (Fsp3) is 0.652. The molecule has 0 saturated heterocycles. The van der Waals surface area contributed by atoms with Crippen LogP contribution < -0.4 is 10.6 Å². The highest BCUT2D eigenvalue weighted by atomic mass is 16.1. The predicted molar refractivity (Wildman–Crippen MR) is 134 cm³/mol. The summed E-state index contributed by atoms with van der Waals surface area (Å²) in [6.07, 6.45) is 14.7. The Morgan fingerprint density at radius 1 is 0.606 bits per heavy atom. The summed E-state index contributed by atoms with van der Waals surface area (Å²) in [5, 5.41) is 19.2. The molecule has 10 nitrogen and oxygen atoms in total. The van der Waals surface area contributed by atoms with E-state index >= 15 is 0 Å². The summed E-state index contributed by atoms with van der Waals surface area (Å²) >= 11 is 0. The second kappa shape index (κ2) is 39.4. The summed E-state index contributed by atoms with van der Waals surface area (Å²) in [5.74, 6) is 0.143. The SMILES string of the molecule is CC.CC.CCCCCNC(C)=O.CCCCNC(C)=O.c1cnncn1.c1cnncn1. The molecule has 0 bridgehead atoms. The van der Waals surface area contributed by atoms with Crippen LogP contribution in [0.25, 0.3) is 0 Å². The molecule has 2 N–H and O–H groups in total. The number of carbonyl (C=O) groups is 2. The Labute approximate surface area is 200 Å². The maximum atomic E-state index is 10.3. The zero-order valence-electron chi connectivity index (χ0n) is 21.9. The first-order valence-corrected chi connectivity index (χ1v) is 11.7. The third kappa shape index (κ3) is 52.8. The van der Waals surface area contributed by atoms with Crippen molar-refractivity contribution in [2.75, 3.05) is 13.1 Å². The second-order valence-corrected chi connectivity index (χ2v) is 5.61. The van der Waals surface area contributed by atoms with E-state index in [-0.39, 0.29) is 11.8 Å². The Morgan fingerprint density at radius 3 is 1.21 bits per heavy atom. The van der Waals surface area contributed by atoms with E-state index in [0.29, 0.717) is 0 Å². The molecule has 0 aliphatic heterocycles. The number of unbranched alkanes of at least 4 members (excludes halogenated alkanes) is 3. The van der Waals surface area contributed by atoms with E-state index in [9.17, 15) is 9.59 Å². The van der Waals surface area contributed by atoms with Crippen molar-refractivity contribution in [3.8, 4) is 0 Å². The van der Waals surface area contributed by atoms with Crippen LogP contribution in [-0.4, -0.2) is 55.3 Å². The van der Waals surface area contributed by atoms with Gasteiger partial charge < -0.3 is 10.6 Å². The van der Waals surface area contributed by atoms with Crippen molar-refractivity contribution in [3.63, 3.8) is 0 Å². The molecule has 0 aromatic carbocycles. The van der Waals surface area contributed by atoms with Gasteiger partial charge >= 0.3 is 0 Å². The van der Waals surface area contributed by atoms with Gasteiger partial charge in [-0.25, -0.2) is 9.97 Å². The summed E-state index contributed by atoms with van der Waals surface area (Å²) in [6.45, 7) is 17.0. The maximum Gasteiger partial charge on any atom is 0.216 e. The quantitative estimate of drug-likeness (QED) is 0.584. The molecule has 10 heteroatoms. The third-order valence-electron chi connectivity index (χ3n) is 2.87. The molecular weight excluding hydrogens is 420 g/mol. The molecule has 2 aromatic rings. The molecule has 33 heavy (non-hydrogen) atoms. The highest BCUT2D eigenvalue weighted by Crippen LogP contribution is 1.90. The van der Waals surface area contributed by atoms with Gasteiger partial charge in [0.15, 0.2) is 0 Å². The van der Waals surface area contributed by atoms with E-state index in [1.54, 1.807) is 19.3 Å². The van der Waals surface area contributed by atoms with Crippen molar-refractivity contribution in [1.29, 1.82) is 0 Å². The Morgan fingerprint density at radius 2 is 1.00 bits per heavy atom. The van der Waals surface area contributed by atoms with E-state index in [0.717, 1.165) is 32.4 Å². The van der Waals surface area contributed by atoms with E-state index in [1.165, 1.54) is 44.8 Å². The van der Waals surface area contributed by atoms with Crippen molar-refractivity contribution >= 4 is 11.8 Å². The zero-order chi connectivity index (χ0) is 26.0. The maximum absolute atomic E-state index is 10.3. The summed E-state index contributed by atoms with van der Waals surface area (Å²) in [6, 6.07) is 0. The molecule has 0 saturated carbocycles. The van der Waals surface area contributed by atoms with Gasteiger partial charge in [-0.1, -0.05) is 60.8 Å². The summed E-state index contributed by atoms with van der Waals surface area (Å²) in [5.41, 5.74) is 0. The Bertz CT molecular complexity index is 490. The van der Waals surface area contributed by atoms with Crippen molar-refractivity contribution in [3.05, 3.63) is 37.4 Å². The summed E-state index contributed by atoms with van der Waals surface area (Å²) < 4.78 is 0. The molecule has 0 spiro atoms. The van der Waals surface area contributed by atoms with Crippen LogP contribution in [0.15, 0.2) is 37.4 Å². The monoisotopic (exact) mass is 466 g/mol. The lowest BCUT2D eigenvalue weighted by Gasteiger charge is -1.98. The van der Waals surface area contributed by atoms with Crippen molar-refractivity contribution in [2.24, 2.45) is 0 Å². The normalized spacial score (nSPS) is 7.88. The highest BCUT2D eigenvalue weighted by Gasteiger charge is 1.88. The standard InChI is InChI=1S/C7H15NO.C6H13NO.2C3H3N3.2C2H6/c1-3-4-5-6-8-7(2)9;1-3-4-5-7-6(2)8;2*1-2-5-6-3-4-1;2*1-2/h3-6H2,1-2H3,(H,8,9);3-5H2,1-2H3,(H,7,8);2*1-3H;2*1-2H3. The average molecular weight is 467 g/mol. The van der Waals surface area contributed by atoms with Crippen molar-refractivity contribution in [2.45, 2.75) is 87.5 Å². The van der Waals surface area contributed by atoms with Gasteiger partial charge in [-0.2, -0.15) is 10.2 Å². The lowest BCUT2D eigenvalue weighted by Crippen LogP contribution is -2.20. The van der Waals surface area contributed by atoms with E-state index in [1.807, 2.05) is 27.7 Å². The first-order valence-electron chi connectivity index (χ1n) is 11.7. The van der Waals surface area contributed by atoms with Gasteiger partial charge in [0.05, 0.1) is 12.4 Å². The number of aromatic nitrogens is 6. The topological polar surface area (TPSA) is 136 Å². The van der Waals surface area contributed by atoms with Gasteiger partial charge in [-0.05, 0) is 12.8 Å². The van der Waals surface area contributed by atoms with Gasteiger partial charge in [0.2, 0.25) is 11.8 Å². The zero-order valence-corrected chi connectivity index (χ0v) is 21.9. The van der Waals surface area contributed by atoms with Crippen LogP contribution in [0.5, 0.6) is 0 Å². The number of nitrogens with zero attached hydrogens (tertiary/aromatic N) is 6. The van der Waals surface area contributed by atoms with Crippen LogP contribution in [0, 0.1) is 0 Å². The fourth-order valence-corrected chi connectivity index (χ4v) is 1.49. The second-order valence-electron chi connectivity index (χ2n) is 5.61. The molecule has 0 atom stereocenters. The third-order valence-corrected chi connectivity index (χ3v) is 2.87. The van der Waals surface area contributed by atoms with E-state index in [2.05, 4.69) is 54.8 Å². The van der Waals surface area contributed by atoms with E-state index in [4.69, 9.17) is 0 Å². The molecule has 0 aliphatic rings. The molecule has 2 aromatic heterocycles. The van der Waals surface area contributed by atoms with E-state index < -0.39 is 0 Å². The number of rotatable bonds is 7. The molecule has 0 aliphatic carbocycles. The minimum absolute atomic E-state index is 0.0680. The van der Waals surface area contributed by atoms with Gasteiger partial charge in [0.1, 0.15) is 12.7 Å². The number of amides is 2. The van der Waals surface area contributed by atoms with Gasteiger partial charge in [0, 0.05) is 39.3 Å². The molecule has 0 unspecified atom stereocenters. The molecule has 0 fully saturated rings. The molecule has 2 heterocycles. The van der Waals surface area contributed by atoms with Crippen LogP contribution in [-0.2, 0) is 9.59 Å². The van der Waals surface area contributed by atoms with Gasteiger partial charge in [-0.3, -0.25) is 9.59 Å². The smallest absolute Gasteiger partial charge is 0.216 e. The predicted octanol–water partition coefficient (Wildman–Crippen LogP) is 4.03. The lowest BCUT2D eigenvalue weighted by molar-refractivity contribution is -0.119. The molecule has 0 radical (unpaired) electrons. The Balaban J connectivity index is -0.000000163.